The lowest BCUT2D eigenvalue weighted by Gasteiger charge is -2.06. The summed E-state index contributed by atoms with van der Waals surface area (Å²) >= 11 is 0. The van der Waals surface area contributed by atoms with Gasteiger partial charge in [-0.25, -0.2) is 4.98 Å². The number of carbonyl (C=O) groups is 1. The molecule has 1 amide bonds. The molecule has 0 saturated carbocycles. The third kappa shape index (κ3) is 3.96. The van der Waals surface area contributed by atoms with Gasteiger partial charge < -0.3 is 10.6 Å². The lowest BCUT2D eigenvalue weighted by Crippen LogP contribution is -2.30. The molecule has 0 aliphatic heterocycles. The van der Waals surface area contributed by atoms with E-state index in [9.17, 15) is 4.79 Å². The molecule has 5 heteroatoms. The third-order valence-corrected chi connectivity index (χ3v) is 1.90. The van der Waals surface area contributed by atoms with Crippen LogP contribution in [0.1, 0.15) is 19.0 Å². The van der Waals surface area contributed by atoms with Crippen molar-refractivity contribution >= 4 is 11.6 Å². The van der Waals surface area contributed by atoms with Gasteiger partial charge in [-0.1, -0.05) is 6.92 Å². The van der Waals surface area contributed by atoms with E-state index in [1.54, 1.807) is 12.1 Å². The second-order valence-corrected chi connectivity index (χ2v) is 3.25. The molecule has 0 bridgehead atoms. The summed E-state index contributed by atoms with van der Waals surface area (Å²) in [4.78, 5) is 15.1. The van der Waals surface area contributed by atoms with Crippen molar-refractivity contribution in [3.05, 3.63) is 24.0 Å². The van der Waals surface area contributed by atoms with Crippen LogP contribution in [-0.4, -0.2) is 24.0 Å². The smallest absolute Gasteiger partial charge is 0.239 e. The monoisotopic (exact) mass is 218 g/mol. The first-order valence-electron chi connectivity index (χ1n) is 5.13. The first-order chi connectivity index (χ1) is 7.76. The van der Waals surface area contributed by atoms with Crippen LogP contribution in [0.25, 0.3) is 0 Å². The van der Waals surface area contributed by atoms with Gasteiger partial charge in [0.1, 0.15) is 11.8 Å². The van der Waals surface area contributed by atoms with Crippen LogP contribution in [0.2, 0.25) is 0 Å². The maximum atomic E-state index is 11.3. The van der Waals surface area contributed by atoms with Crippen molar-refractivity contribution in [3.8, 4) is 6.07 Å². The van der Waals surface area contributed by atoms with E-state index >= 15 is 0 Å². The summed E-state index contributed by atoms with van der Waals surface area (Å²) in [6, 6.07) is 5.25. The Morgan fingerprint density at radius 3 is 2.94 bits per heavy atom. The van der Waals surface area contributed by atoms with Gasteiger partial charge in [-0.3, -0.25) is 4.79 Å². The van der Waals surface area contributed by atoms with E-state index in [4.69, 9.17) is 5.26 Å². The van der Waals surface area contributed by atoms with E-state index in [1.165, 1.54) is 6.20 Å². The fourth-order valence-electron chi connectivity index (χ4n) is 1.07. The molecule has 0 radical (unpaired) electrons. The highest BCUT2D eigenvalue weighted by molar-refractivity contribution is 5.80. The van der Waals surface area contributed by atoms with Crippen molar-refractivity contribution < 1.29 is 4.79 Å². The molecule has 0 aliphatic rings. The molecule has 0 fully saturated rings. The summed E-state index contributed by atoms with van der Waals surface area (Å²) in [5, 5.41) is 14.2. The van der Waals surface area contributed by atoms with Crippen molar-refractivity contribution in [3.63, 3.8) is 0 Å². The van der Waals surface area contributed by atoms with Crippen molar-refractivity contribution in [1.82, 2.24) is 10.3 Å². The lowest BCUT2D eigenvalue weighted by atomic mass is 10.3. The van der Waals surface area contributed by atoms with Gasteiger partial charge in [0.2, 0.25) is 5.91 Å². The molecule has 2 N–H and O–H groups in total. The molecule has 16 heavy (non-hydrogen) atoms. The second kappa shape index (κ2) is 6.40. The highest BCUT2D eigenvalue weighted by Gasteiger charge is 1.99. The highest BCUT2D eigenvalue weighted by Crippen LogP contribution is 2.04. The summed E-state index contributed by atoms with van der Waals surface area (Å²) in [5.41, 5.74) is 1.09. The lowest BCUT2D eigenvalue weighted by molar-refractivity contribution is -0.119. The Morgan fingerprint density at radius 1 is 1.56 bits per heavy atom. The van der Waals surface area contributed by atoms with Gasteiger partial charge in [0.05, 0.1) is 18.4 Å². The minimum atomic E-state index is -0.0498. The number of carbonyl (C=O) groups excluding carboxylic acids is 1. The van der Waals surface area contributed by atoms with Crippen LogP contribution in [-0.2, 0) is 4.79 Å². The number of hydrogen-bond acceptors (Lipinski definition) is 4. The van der Waals surface area contributed by atoms with E-state index in [0.717, 1.165) is 12.1 Å². The average molecular weight is 218 g/mol. The van der Waals surface area contributed by atoms with Gasteiger partial charge in [0.15, 0.2) is 0 Å². The Balaban J connectivity index is 2.37. The first-order valence-corrected chi connectivity index (χ1v) is 5.13. The standard InChI is InChI=1S/C11H14N4O/c1-2-5-13-11(16)8-15-10-4-3-9(6-12)14-7-10/h3-4,7,15H,2,5,8H2,1H3,(H,13,16). The Bertz CT molecular complexity index is 380. The third-order valence-electron chi connectivity index (χ3n) is 1.90. The van der Waals surface area contributed by atoms with Gasteiger partial charge in [-0.2, -0.15) is 5.26 Å². The molecular weight excluding hydrogens is 204 g/mol. The van der Waals surface area contributed by atoms with Gasteiger partial charge >= 0.3 is 0 Å². The molecule has 5 nitrogen and oxygen atoms in total. The highest BCUT2D eigenvalue weighted by atomic mass is 16.1. The molecule has 0 aliphatic carbocycles. The number of pyridine rings is 1. The fraction of sp³-hybridized carbons (Fsp3) is 0.364. The van der Waals surface area contributed by atoms with Crippen LogP contribution < -0.4 is 10.6 Å². The van der Waals surface area contributed by atoms with E-state index in [0.29, 0.717) is 12.2 Å². The molecule has 1 aromatic rings. The van der Waals surface area contributed by atoms with Crippen LogP contribution in [0.15, 0.2) is 18.3 Å². The van der Waals surface area contributed by atoms with Crippen molar-refractivity contribution in [2.45, 2.75) is 13.3 Å². The average Bonchev–Trinajstić information content (AvgIpc) is 2.34. The molecule has 0 spiro atoms. The van der Waals surface area contributed by atoms with Crippen LogP contribution >= 0.6 is 0 Å². The number of nitrogens with one attached hydrogen (secondary N) is 2. The molecular formula is C11H14N4O. The number of aromatic nitrogens is 1. The van der Waals surface area contributed by atoms with Crippen LogP contribution in [0.3, 0.4) is 0 Å². The summed E-state index contributed by atoms with van der Waals surface area (Å²) in [6.07, 6.45) is 2.45. The summed E-state index contributed by atoms with van der Waals surface area (Å²) in [5.74, 6) is -0.0498. The molecule has 1 heterocycles. The maximum absolute atomic E-state index is 11.3. The quantitative estimate of drug-likeness (QED) is 0.769. The number of nitriles is 1. The predicted molar refractivity (Wildman–Crippen MR) is 60.7 cm³/mol. The second-order valence-electron chi connectivity index (χ2n) is 3.25. The van der Waals surface area contributed by atoms with Crippen molar-refractivity contribution in [1.29, 1.82) is 5.26 Å². The Labute approximate surface area is 94.5 Å². The Hall–Kier alpha value is -2.09. The zero-order chi connectivity index (χ0) is 11.8. The van der Waals surface area contributed by atoms with Gasteiger partial charge in [-0.15, -0.1) is 0 Å². The van der Waals surface area contributed by atoms with Gasteiger partial charge in [0.25, 0.3) is 0 Å². The number of amides is 1. The van der Waals surface area contributed by atoms with Crippen LogP contribution in [0.4, 0.5) is 5.69 Å². The minimum absolute atomic E-state index is 0.0498. The van der Waals surface area contributed by atoms with Crippen molar-refractivity contribution in [2.75, 3.05) is 18.4 Å². The fourth-order valence-corrected chi connectivity index (χ4v) is 1.07. The summed E-state index contributed by atoms with van der Waals surface area (Å²) in [7, 11) is 0. The van der Waals surface area contributed by atoms with E-state index in [-0.39, 0.29) is 12.5 Å². The van der Waals surface area contributed by atoms with E-state index in [1.807, 2.05) is 13.0 Å². The molecule has 0 unspecified atom stereocenters. The SMILES string of the molecule is CCCNC(=O)CNc1ccc(C#N)nc1. The maximum Gasteiger partial charge on any atom is 0.239 e. The largest absolute Gasteiger partial charge is 0.375 e. The zero-order valence-corrected chi connectivity index (χ0v) is 9.16. The molecule has 1 rings (SSSR count). The topological polar surface area (TPSA) is 77.8 Å². The van der Waals surface area contributed by atoms with Crippen LogP contribution in [0, 0.1) is 11.3 Å². The number of nitrogens with zero attached hydrogens (tertiary/aromatic N) is 2. The van der Waals surface area contributed by atoms with E-state index < -0.39 is 0 Å². The van der Waals surface area contributed by atoms with E-state index in [2.05, 4.69) is 15.6 Å². The minimum Gasteiger partial charge on any atom is -0.375 e. The molecule has 0 atom stereocenters. The Morgan fingerprint density at radius 2 is 2.38 bits per heavy atom. The predicted octanol–water partition coefficient (Wildman–Crippen LogP) is 0.891. The first kappa shape index (κ1) is 12.0. The van der Waals surface area contributed by atoms with Gasteiger partial charge in [-0.05, 0) is 18.6 Å². The summed E-state index contributed by atoms with van der Waals surface area (Å²) < 4.78 is 0. The van der Waals surface area contributed by atoms with Crippen LogP contribution in [0.5, 0.6) is 0 Å². The van der Waals surface area contributed by atoms with Crippen molar-refractivity contribution in [2.24, 2.45) is 0 Å². The molecule has 0 saturated heterocycles. The molecule has 84 valence electrons. The zero-order valence-electron chi connectivity index (χ0n) is 9.16. The molecule has 0 aromatic carbocycles. The normalized spacial score (nSPS) is 9.25. The summed E-state index contributed by atoms with van der Waals surface area (Å²) in [6.45, 7) is 2.90. The van der Waals surface area contributed by atoms with Gasteiger partial charge in [0, 0.05) is 6.54 Å². The molecule has 1 aromatic heterocycles. The number of rotatable bonds is 5. The Kier molecular flexibility index (Phi) is 4.80. The number of hydrogen-bond donors (Lipinski definition) is 2. The number of anilines is 1.